The highest BCUT2D eigenvalue weighted by molar-refractivity contribution is 7.89. The second-order valence-electron chi connectivity index (χ2n) is 7.10. The second-order valence-corrected chi connectivity index (χ2v) is 9.04. The Balaban J connectivity index is 1.64. The highest BCUT2D eigenvalue weighted by Gasteiger charge is 2.32. The summed E-state index contributed by atoms with van der Waals surface area (Å²) in [6, 6.07) is 10.5. The largest absolute Gasteiger partial charge is 0.497 e. The van der Waals surface area contributed by atoms with Crippen molar-refractivity contribution >= 4 is 27.3 Å². The molecule has 2 aromatic carbocycles. The van der Waals surface area contributed by atoms with Crippen molar-refractivity contribution in [2.75, 3.05) is 25.5 Å². The lowest BCUT2D eigenvalue weighted by Crippen LogP contribution is -2.41. The molecule has 0 spiro atoms. The maximum atomic E-state index is 12.8. The van der Waals surface area contributed by atoms with Gasteiger partial charge in [0.25, 0.3) is 5.69 Å². The van der Waals surface area contributed by atoms with E-state index in [4.69, 9.17) is 4.74 Å². The van der Waals surface area contributed by atoms with Gasteiger partial charge in [-0.25, -0.2) is 8.42 Å². The Labute approximate surface area is 174 Å². The second kappa shape index (κ2) is 8.80. The van der Waals surface area contributed by atoms with Gasteiger partial charge in [-0.05, 0) is 49.6 Å². The molecule has 10 heteroatoms. The zero-order valence-electron chi connectivity index (χ0n) is 16.7. The molecule has 1 fully saturated rings. The minimum atomic E-state index is -3.65. The molecule has 1 aliphatic heterocycles. The minimum Gasteiger partial charge on any atom is -0.497 e. The van der Waals surface area contributed by atoms with Crippen LogP contribution in [-0.2, 0) is 14.8 Å². The Hall–Kier alpha value is -2.98. The molecule has 1 amide bonds. The molecule has 0 aliphatic carbocycles. The number of hydrogen-bond donors (Lipinski definition) is 1. The van der Waals surface area contributed by atoms with Gasteiger partial charge in [-0.15, -0.1) is 0 Å². The molecular weight excluding hydrogens is 410 g/mol. The number of ether oxygens (including phenoxy) is 1. The Morgan fingerprint density at radius 1 is 1.17 bits per heavy atom. The number of nitro benzene ring substituents is 1. The first-order chi connectivity index (χ1) is 14.2. The quantitative estimate of drug-likeness (QED) is 0.553. The summed E-state index contributed by atoms with van der Waals surface area (Å²) in [6.45, 7) is 2.20. The lowest BCUT2D eigenvalue weighted by atomic mass is 9.97. The Morgan fingerprint density at radius 3 is 2.37 bits per heavy atom. The van der Waals surface area contributed by atoms with Crippen LogP contribution in [0.5, 0.6) is 5.75 Å². The number of aryl methyl sites for hydroxylation is 1. The standard InChI is InChI=1S/C20H23N3O6S/c1-14-3-4-16(23(25)26)13-19(14)21-20(24)15-9-11-22(12-10-15)30(27,28)18-7-5-17(29-2)6-8-18/h3-8,13,15H,9-12H2,1-2H3,(H,21,24). The molecule has 0 atom stereocenters. The van der Waals surface area contributed by atoms with Crippen molar-refractivity contribution in [3.63, 3.8) is 0 Å². The molecule has 1 heterocycles. The fourth-order valence-corrected chi connectivity index (χ4v) is 4.82. The van der Waals surface area contributed by atoms with Crippen molar-refractivity contribution in [3.8, 4) is 5.75 Å². The first-order valence-corrected chi connectivity index (χ1v) is 10.9. The number of hydrogen-bond acceptors (Lipinski definition) is 6. The highest BCUT2D eigenvalue weighted by Crippen LogP contribution is 2.27. The van der Waals surface area contributed by atoms with E-state index in [0.717, 1.165) is 0 Å². The molecular formula is C20H23N3O6S. The smallest absolute Gasteiger partial charge is 0.271 e. The molecule has 0 bridgehead atoms. The van der Waals surface area contributed by atoms with Crippen LogP contribution in [0.2, 0.25) is 0 Å². The number of anilines is 1. The number of carbonyl (C=O) groups is 1. The highest BCUT2D eigenvalue weighted by atomic mass is 32.2. The van der Waals surface area contributed by atoms with E-state index in [1.54, 1.807) is 25.1 Å². The summed E-state index contributed by atoms with van der Waals surface area (Å²) in [5.74, 6) is -0.0631. The van der Waals surface area contributed by atoms with Crippen LogP contribution in [0.25, 0.3) is 0 Å². The third-order valence-corrected chi connectivity index (χ3v) is 7.12. The zero-order chi connectivity index (χ0) is 21.9. The maximum absolute atomic E-state index is 12.8. The number of piperidine rings is 1. The van der Waals surface area contributed by atoms with Gasteiger partial charge < -0.3 is 10.1 Å². The van der Waals surface area contributed by atoms with E-state index in [1.807, 2.05) is 0 Å². The number of nitrogens with zero attached hydrogens (tertiary/aromatic N) is 2. The van der Waals surface area contributed by atoms with Crippen molar-refractivity contribution < 1.29 is 22.9 Å². The average Bonchev–Trinajstić information content (AvgIpc) is 2.75. The molecule has 30 heavy (non-hydrogen) atoms. The lowest BCUT2D eigenvalue weighted by molar-refractivity contribution is -0.384. The van der Waals surface area contributed by atoms with Crippen LogP contribution in [-0.4, -0.2) is 43.8 Å². The van der Waals surface area contributed by atoms with Gasteiger partial charge in [-0.2, -0.15) is 4.31 Å². The Kier molecular flexibility index (Phi) is 6.37. The normalized spacial score (nSPS) is 15.5. The molecule has 3 rings (SSSR count). The third kappa shape index (κ3) is 4.60. The third-order valence-electron chi connectivity index (χ3n) is 5.21. The van der Waals surface area contributed by atoms with Crippen molar-refractivity contribution in [1.82, 2.24) is 4.31 Å². The van der Waals surface area contributed by atoms with E-state index in [-0.39, 0.29) is 35.5 Å². The fourth-order valence-electron chi connectivity index (χ4n) is 3.35. The number of carbonyl (C=O) groups excluding carboxylic acids is 1. The van der Waals surface area contributed by atoms with Gasteiger partial charge >= 0.3 is 0 Å². The molecule has 1 saturated heterocycles. The van der Waals surface area contributed by atoms with Gasteiger partial charge in [-0.3, -0.25) is 14.9 Å². The molecule has 1 N–H and O–H groups in total. The fraction of sp³-hybridized carbons (Fsp3) is 0.350. The van der Waals surface area contributed by atoms with Crippen LogP contribution in [0, 0.1) is 23.0 Å². The van der Waals surface area contributed by atoms with Crippen molar-refractivity contribution in [2.45, 2.75) is 24.7 Å². The monoisotopic (exact) mass is 433 g/mol. The van der Waals surface area contributed by atoms with Gasteiger partial charge in [0.2, 0.25) is 15.9 Å². The number of nitro groups is 1. The molecule has 0 unspecified atom stereocenters. The number of methoxy groups -OCH3 is 1. The van der Waals surface area contributed by atoms with E-state index in [9.17, 15) is 23.3 Å². The molecule has 0 saturated carbocycles. The number of benzene rings is 2. The van der Waals surface area contributed by atoms with Gasteiger partial charge in [0.15, 0.2) is 0 Å². The van der Waals surface area contributed by atoms with Crippen molar-refractivity contribution in [3.05, 3.63) is 58.1 Å². The minimum absolute atomic E-state index is 0.101. The molecule has 160 valence electrons. The molecule has 2 aromatic rings. The van der Waals surface area contributed by atoms with Crippen molar-refractivity contribution in [2.24, 2.45) is 5.92 Å². The molecule has 1 aliphatic rings. The number of amides is 1. The summed E-state index contributed by atoms with van der Waals surface area (Å²) in [6.07, 6.45) is 0.740. The topological polar surface area (TPSA) is 119 Å². The van der Waals surface area contributed by atoms with Crippen molar-refractivity contribution in [1.29, 1.82) is 0 Å². The zero-order valence-corrected chi connectivity index (χ0v) is 17.5. The van der Waals surface area contributed by atoms with Crippen LogP contribution in [0.4, 0.5) is 11.4 Å². The van der Waals surface area contributed by atoms with Crippen LogP contribution >= 0.6 is 0 Å². The molecule has 0 aromatic heterocycles. The number of sulfonamides is 1. The summed E-state index contributed by atoms with van der Waals surface area (Å²) in [5, 5.41) is 13.7. The van der Waals surface area contributed by atoms with Gasteiger partial charge in [0, 0.05) is 31.1 Å². The summed E-state index contributed by atoms with van der Waals surface area (Å²) >= 11 is 0. The van der Waals surface area contributed by atoms with E-state index in [2.05, 4.69) is 5.32 Å². The van der Waals surface area contributed by atoms with Crippen LogP contribution in [0.15, 0.2) is 47.4 Å². The molecule has 9 nitrogen and oxygen atoms in total. The van der Waals surface area contributed by atoms with E-state index < -0.39 is 14.9 Å². The summed E-state index contributed by atoms with van der Waals surface area (Å²) in [7, 11) is -2.14. The van der Waals surface area contributed by atoms with Crippen LogP contribution < -0.4 is 10.1 Å². The Bertz CT molecular complexity index is 1040. The van der Waals surface area contributed by atoms with Gasteiger partial charge in [-0.1, -0.05) is 6.07 Å². The molecule has 0 radical (unpaired) electrons. The van der Waals surface area contributed by atoms with Crippen LogP contribution in [0.1, 0.15) is 18.4 Å². The summed E-state index contributed by atoms with van der Waals surface area (Å²) in [5.41, 5.74) is 1.01. The number of nitrogens with one attached hydrogen (secondary N) is 1. The first kappa shape index (κ1) is 21.7. The summed E-state index contributed by atoms with van der Waals surface area (Å²) < 4.78 is 32.1. The number of rotatable bonds is 6. The van der Waals surface area contributed by atoms with Gasteiger partial charge in [0.1, 0.15) is 5.75 Å². The first-order valence-electron chi connectivity index (χ1n) is 9.42. The van der Waals surface area contributed by atoms with E-state index in [1.165, 1.54) is 35.7 Å². The summed E-state index contributed by atoms with van der Waals surface area (Å²) in [4.78, 5) is 23.3. The van der Waals surface area contributed by atoms with E-state index >= 15 is 0 Å². The average molecular weight is 433 g/mol. The van der Waals surface area contributed by atoms with Crippen LogP contribution in [0.3, 0.4) is 0 Å². The predicted octanol–water partition coefficient (Wildman–Crippen LogP) is 2.95. The SMILES string of the molecule is COc1ccc(S(=O)(=O)N2CCC(C(=O)Nc3cc([N+](=O)[O-])ccc3C)CC2)cc1. The maximum Gasteiger partial charge on any atom is 0.271 e. The van der Waals surface area contributed by atoms with E-state index in [0.29, 0.717) is 29.8 Å². The predicted molar refractivity (Wildman–Crippen MR) is 111 cm³/mol. The van der Waals surface area contributed by atoms with Gasteiger partial charge in [0.05, 0.1) is 22.6 Å². The lowest BCUT2D eigenvalue weighted by Gasteiger charge is -2.30. The Morgan fingerprint density at radius 2 is 1.80 bits per heavy atom. The number of non-ortho nitro benzene ring substituents is 1.